The Morgan fingerprint density at radius 3 is 2.95 bits per heavy atom. The number of likely N-dealkylation sites (N-methyl/N-ethyl adjacent to an activating group) is 1. The van der Waals surface area contributed by atoms with Crippen molar-refractivity contribution in [2.75, 3.05) is 19.3 Å². The molecule has 0 bridgehead atoms. The van der Waals surface area contributed by atoms with Gasteiger partial charge in [0.05, 0.1) is 17.6 Å². The third-order valence-corrected chi connectivity index (χ3v) is 3.45. The van der Waals surface area contributed by atoms with Gasteiger partial charge in [-0.15, -0.1) is 0 Å². The minimum Gasteiger partial charge on any atom is -0.399 e. The first-order chi connectivity index (χ1) is 10.2. The highest BCUT2D eigenvalue weighted by atomic mass is 15.1. The van der Waals surface area contributed by atoms with Gasteiger partial charge in [-0.3, -0.25) is 9.88 Å². The van der Waals surface area contributed by atoms with E-state index in [9.17, 15) is 0 Å². The van der Waals surface area contributed by atoms with Crippen molar-refractivity contribution in [2.24, 2.45) is 0 Å². The molecule has 0 unspecified atom stereocenters. The maximum absolute atomic E-state index is 5.78. The zero-order valence-electron chi connectivity index (χ0n) is 12.1. The lowest BCUT2D eigenvalue weighted by molar-refractivity contribution is 0.323. The number of imidazole rings is 1. The topological polar surface area (TPSA) is 70.8 Å². The first-order valence-electron chi connectivity index (χ1n) is 7.03. The van der Waals surface area contributed by atoms with Crippen LogP contribution in [0.3, 0.4) is 0 Å². The molecule has 0 saturated carbocycles. The Morgan fingerprint density at radius 1 is 1.24 bits per heavy atom. The predicted molar refractivity (Wildman–Crippen MR) is 84.8 cm³/mol. The van der Waals surface area contributed by atoms with Crippen LogP contribution in [0.2, 0.25) is 0 Å². The Kier molecular flexibility index (Phi) is 3.83. The van der Waals surface area contributed by atoms with E-state index < -0.39 is 0 Å². The first kappa shape index (κ1) is 13.6. The summed E-state index contributed by atoms with van der Waals surface area (Å²) in [5.74, 6) is 0.958. The molecule has 1 aromatic carbocycles. The molecule has 0 saturated heterocycles. The smallest absolute Gasteiger partial charge is 0.121 e. The molecule has 0 aliphatic carbocycles. The molecule has 108 valence electrons. The second kappa shape index (κ2) is 5.93. The number of aromatic nitrogens is 3. The van der Waals surface area contributed by atoms with E-state index in [1.54, 1.807) is 0 Å². The van der Waals surface area contributed by atoms with Gasteiger partial charge in [-0.2, -0.15) is 0 Å². The lowest BCUT2D eigenvalue weighted by atomic mass is 10.2. The van der Waals surface area contributed by atoms with E-state index >= 15 is 0 Å². The van der Waals surface area contributed by atoms with Crippen LogP contribution >= 0.6 is 0 Å². The minimum absolute atomic E-state index is 0.751. The molecule has 5 heteroatoms. The fraction of sp³-hybridized carbons (Fsp3) is 0.250. The highest BCUT2D eigenvalue weighted by Gasteiger charge is 2.06. The molecule has 3 aromatic rings. The van der Waals surface area contributed by atoms with Crippen LogP contribution in [0.1, 0.15) is 11.5 Å². The lowest BCUT2D eigenvalue weighted by Crippen LogP contribution is -2.21. The second-order valence-corrected chi connectivity index (χ2v) is 5.27. The molecule has 0 spiro atoms. The zero-order chi connectivity index (χ0) is 14.7. The van der Waals surface area contributed by atoms with Crippen molar-refractivity contribution in [2.45, 2.75) is 13.0 Å². The summed E-state index contributed by atoms with van der Waals surface area (Å²) in [5, 5.41) is 0. The number of pyridine rings is 1. The molecular weight excluding hydrogens is 262 g/mol. The van der Waals surface area contributed by atoms with Crippen LogP contribution < -0.4 is 5.73 Å². The molecule has 3 N–H and O–H groups in total. The minimum atomic E-state index is 0.751. The average molecular weight is 281 g/mol. The molecule has 2 aromatic heterocycles. The Labute approximate surface area is 123 Å². The largest absolute Gasteiger partial charge is 0.399 e. The number of hydrogen-bond donors (Lipinski definition) is 2. The normalized spacial score (nSPS) is 11.3. The molecule has 0 aliphatic rings. The van der Waals surface area contributed by atoms with Gasteiger partial charge in [-0.25, -0.2) is 4.98 Å². The molecule has 0 fully saturated rings. The van der Waals surface area contributed by atoms with Gasteiger partial charge >= 0.3 is 0 Å². The Morgan fingerprint density at radius 2 is 2.14 bits per heavy atom. The number of rotatable bonds is 5. The van der Waals surface area contributed by atoms with E-state index in [0.29, 0.717) is 0 Å². The Bertz CT molecular complexity index is 720. The van der Waals surface area contributed by atoms with Crippen LogP contribution in [0.4, 0.5) is 5.69 Å². The number of nitrogens with one attached hydrogen (secondary N) is 1. The van der Waals surface area contributed by atoms with Crippen molar-refractivity contribution >= 4 is 16.7 Å². The van der Waals surface area contributed by atoms with Gasteiger partial charge in [0.1, 0.15) is 5.82 Å². The number of hydrogen-bond acceptors (Lipinski definition) is 4. The van der Waals surface area contributed by atoms with E-state index in [1.165, 1.54) is 0 Å². The second-order valence-electron chi connectivity index (χ2n) is 5.27. The van der Waals surface area contributed by atoms with E-state index in [0.717, 1.165) is 47.7 Å². The van der Waals surface area contributed by atoms with Gasteiger partial charge in [0.25, 0.3) is 0 Å². The quantitative estimate of drug-likeness (QED) is 0.703. The predicted octanol–water partition coefficient (Wildman–Crippen LogP) is 2.21. The van der Waals surface area contributed by atoms with E-state index in [4.69, 9.17) is 5.73 Å². The summed E-state index contributed by atoms with van der Waals surface area (Å²) in [6, 6.07) is 11.7. The van der Waals surface area contributed by atoms with Crippen molar-refractivity contribution in [1.82, 2.24) is 19.9 Å². The molecule has 0 amide bonds. The Hall–Kier alpha value is -2.40. The highest BCUT2D eigenvalue weighted by molar-refractivity contribution is 5.78. The standard InChI is InChI=1S/C16H19N5/c1-21(9-7-13-4-2-3-8-18-13)11-16-19-14-6-5-12(17)10-15(14)20-16/h2-6,8,10H,7,9,11,17H2,1H3,(H,19,20). The highest BCUT2D eigenvalue weighted by Crippen LogP contribution is 2.15. The molecule has 5 nitrogen and oxygen atoms in total. The lowest BCUT2D eigenvalue weighted by Gasteiger charge is -2.14. The van der Waals surface area contributed by atoms with Crippen molar-refractivity contribution in [3.8, 4) is 0 Å². The van der Waals surface area contributed by atoms with E-state index in [2.05, 4.69) is 33.0 Å². The SMILES string of the molecule is CN(CCc1ccccn1)Cc1nc2ccc(N)cc2[nH]1. The summed E-state index contributed by atoms with van der Waals surface area (Å²) in [7, 11) is 2.09. The van der Waals surface area contributed by atoms with Crippen LogP contribution in [0.5, 0.6) is 0 Å². The summed E-state index contributed by atoms with van der Waals surface area (Å²) in [6.07, 6.45) is 2.77. The number of anilines is 1. The van der Waals surface area contributed by atoms with Crippen molar-refractivity contribution in [3.05, 3.63) is 54.1 Å². The van der Waals surface area contributed by atoms with Crippen LogP contribution in [-0.4, -0.2) is 33.4 Å². The third kappa shape index (κ3) is 3.38. The van der Waals surface area contributed by atoms with Crippen molar-refractivity contribution < 1.29 is 0 Å². The molecule has 2 heterocycles. The molecule has 3 rings (SSSR count). The van der Waals surface area contributed by atoms with Crippen LogP contribution in [0.25, 0.3) is 11.0 Å². The van der Waals surface area contributed by atoms with E-state index in [-0.39, 0.29) is 0 Å². The van der Waals surface area contributed by atoms with Gasteiger partial charge < -0.3 is 10.7 Å². The maximum atomic E-state index is 5.78. The first-order valence-corrected chi connectivity index (χ1v) is 7.03. The van der Waals surface area contributed by atoms with Gasteiger partial charge in [0.15, 0.2) is 0 Å². The van der Waals surface area contributed by atoms with E-state index in [1.807, 2.05) is 36.5 Å². The third-order valence-electron chi connectivity index (χ3n) is 3.45. The van der Waals surface area contributed by atoms with Gasteiger partial charge in [0.2, 0.25) is 0 Å². The van der Waals surface area contributed by atoms with Crippen LogP contribution in [-0.2, 0) is 13.0 Å². The average Bonchev–Trinajstić information content (AvgIpc) is 2.87. The fourth-order valence-corrected chi connectivity index (χ4v) is 2.34. The fourth-order valence-electron chi connectivity index (χ4n) is 2.34. The summed E-state index contributed by atoms with van der Waals surface area (Å²) < 4.78 is 0. The summed E-state index contributed by atoms with van der Waals surface area (Å²) in [5.41, 5.74) is 9.59. The van der Waals surface area contributed by atoms with Crippen molar-refractivity contribution in [3.63, 3.8) is 0 Å². The number of aromatic amines is 1. The maximum Gasteiger partial charge on any atom is 0.121 e. The zero-order valence-corrected chi connectivity index (χ0v) is 12.1. The van der Waals surface area contributed by atoms with Crippen LogP contribution in [0, 0.1) is 0 Å². The monoisotopic (exact) mass is 281 g/mol. The summed E-state index contributed by atoms with van der Waals surface area (Å²) in [4.78, 5) is 14.5. The molecule has 0 aliphatic heterocycles. The number of nitrogens with two attached hydrogens (primary N) is 1. The number of nitrogen functional groups attached to an aromatic ring is 1. The van der Waals surface area contributed by atoms with Gasteiger partial charge in [-0.05, 0) is 37.4 Å². The molecule has 21 heavy (non-hydrogen) atoms. The summed E-state index contributed by atoms with van der Waals surface area (Å²) in [6.45, 7) is 1.72. The summed E-state index contributed by atoms with van der Waals surface area (Å²) >= 11 is 0. The molecular formula is C16H19N5. The van der Waals surface area contributed by atoms with Crippen molar-refractivity contribution in [1.29, 1.82) is 0 Å². The van der Waals surface area contributed by atoms with Gasteiger partial charge in [-0.1, -0.05) is 6.07 Å². The number of nitrogens with zero attached hydrogens (tertiary/aromatic N) is 3. The number of H-pyrrole nitrogens is 1. The van der Waals surface area contributed by atoms with Gasteiger partial charge in [0, 0.05) is 30.5 Å². The Balaban J connectivity index is 1.62. The number of fused-ring (bicyclic) bond motifs is 1. The molecule has 0 radical (unpaired) electrons. The number of benzene rings is 1. The van der Waals surface area contributed by atoms with Crippen LogP contribution in [0.15, 0.2) is 42.6 Å². The molecule has 0 atom stereocenters.